The van der Waals surface area contributed by atoms with Crippen LogP contribution in [-0.4, -0.2) is 11.0 Å². The Morgan fingerprint density at radius 1 is 1.30 bits per heavy atom. The Morgan fingerprint density at radius 2 is 2.05 bits per heavy atom. The minimum atomic E-state index is -0.394. The minimum absolute atomic E-state index is 0.0135. The Kier molecular flexibility index (Phi) is 4.15. The van der Waals surface area contributed by atoms with Crippen molar-refractivity contribution < 1.29 is 9.90 Å². The van der Waals surface area contributed by atoms with E-state index in [1.165, 1.54) is 18.2 Å². The van der Waals surface area contributed by atoms with E-state index in [1.54, 1.807) is 12.1 Å². The molecule has 2 rings (SSSR count). The van der Waals surface area contributed by atoms with Crippen LogP contribution in [0.3, 0.4) is 0 Å². The van der Waals surface area contributed by atoms with Gasteiger partial charge in [0.1, 0.15) is 5.75 Å². The highest BCUT2D eigenvalue weighted by molar-refractivity contribution is 6.34. The molecule has 0 unspecified atom stereocenters. The molecule has 0 atom stereocenters. The summed E-state index contributed by atoms with van der Waals surface area (Å²) < 4.78 is 0. The first-order chi connectivity index (χ1) is 9.51. The molecule has 0 aromatic heterocycles. The van der Waals surface area contributed by atoms with Crippen LogP contribution in [0, 0.1) is 0 Å². The summed E-state index contributed by atoms with van der Waals surface area (Å²) in [5.74, 6) is -0.407. The zero-order valence-corrected chi connectivity index (χ0v) is 11.7. The standard InChI is InChI=1S/C15H15ClN2O2/c1-2-9-3-4-10(7-14(9)17)18-15(20)12-8-11(19)5-6-13(12)16/h3-8,19H,2,17H2,1H3,(H,18,20). The Balaban J connectivity index is 2.23. The number of carbonyl (C=O) groups is 1. The fourth-order valence-electron chi connectivity index (χ4n) is 1.88. The van der Waals surface area contributed by atoms with E-state index in [0.29, 0.717) is 11.4 Å². The van der Waals surface area contributed by atoms with Crippen LogP contribution in [0.25, 0.3) is 0 Å². The Labute approximate surface area is 122 Å². The van der Waals surface area contributed by atoms with Crippen molar-refractivity contribution in [2.45, 2.75) is 13.3 Å². The Bertz CT molecular complexity index is 656. The number of nitrogen functional groups attached to an aromatic ring is 1. The first kappa shape index (κ1) is 14.2. The van der Waals surface area contributed by atoms with E-state index < -0.39 is 5.91 Å². The molecular formula is C15H15ClN2O2. The van der Waals surface area contributed by atoms with E-state index >= 15 is 0 Å². The summed E-state index contributed by atoms with van der Waals surface area (Å²) >= 11 is 5.94. The molecule has 0 heterocycles. The Morgan fingerprint density at radius 3 is 2.70 bits per heavy atom. The van der Waals surface area contributed by atoms with Gasteiger partial charge < -0.3 is 16.2 Å². The first-order valence-electron chi connectivity index (χ1n) is 6.19. The van der Waals surface area contributed by atoms with Crippen molar-refractivity contribution in [3.05, 3.63) is 52.5 Å². The van der Waals surface area contributed by atoms with Gasteiger partial charge in [0, 0.05) is 11.4 Å². The molecule has 104 valence electrons. The summed E-state index contributed by atoms with van der Waals surface area (Å²) in [4.78, 5) is 12.1. The van der Waals surface area contributed by atoms with Crippen LogP contribution in [0.5, 0.6) is 5.75 Å². The van der Waals surface area contributed by atoms with Crippen molar-refractivity contribution in [1.82, 2.24) is 0 Å². The summed E-state index contributed by atoms with van der Waals surface area (Å²) in [7, 11) is 0. The third-order valence-corrected chi connectivity index (χ3v) is 3.31. The van der Waals surface area contributed by atoms with E-state index in [2.05, 4.69) is 5.32 Å². The second-order valence-electron chi connectivity index (χ2n) is 4.39. The second kappa shape index (κ2) is 5.84. The number of benzene rings is 2. The summed E-state index contributed by atoms with van der Waals surface area (Å²) in [6, 6.07) is 9.57. The fourth-order valence-corrected chi connectivity index (χ4v) is 2.08. The Hall–Kier alpha value is -2.20. The maximum Gasteiger partial charge on any atom is 0.257 e. The number of rotatable bonds is 3. The van der Waals surface area contributed by atoms with Gasteiger partial charge in [-0.05, 0) is 42.3 Å². The van der Waals surface area contributed by atoms with Crippen molar-refractivity contribution in [2.24, 2.45) is 0 Å². The number of nitrogens with one attached hydrogen (secondary N) is 1. The molecule has 0 fully saturated rings. The molecule has 0 aliphatic carbocycles. The molecule has 0 saturated carbocycles. The van der Waals surface area contributed by atoms with Crippen LogP contribution in [0.1, 0.15) is 22.8 Å². The number of aromatic hydroxyl groups is 1. The number of anilines is 2. The molecule has 0 bridgehead atoms. The number of aryl methyl sites for hydroxylation is 1. The number of hydrogen-bond acceptors (Lipinski definition) is 3. The lowest BCUT2D eigenvalue weighted by Crippen LogP contribution is -2.12. The SMILES string of the molecule is CCc1ccc(NC(=O)c2cc(O)ccc2Cl)cc1N. The molecule has 20 heavy (non-hydrogen) atoms. The summed E-state index contributed by atoms with van der Waals surface area (Å²) in [5, 5.41) is 12.4. The van der Waals surface area contributed by atoms with Crippen LogP contribution in [0.4, 0.5) is 11.4 Å². The normalized spacial score (nSPS) is 10.3. The molecule has 4 N–H and O–H groups in total. The van der Waals surface area contributed by atoms with Gasteiger partial charge >= 0.3 is 0 Å². The van der Waals surface area contributed by atoms with Gasteiger partial charge in [0.05, 0.1) is 10.6 Å². The van der Waals surface area contributed by atoms with Crippen molar-refractivity contribution in [1.29, 1.82) is 0 Å². The van der Waals surface area contributed by atoms with Crippen LogP contribution >= 0.6 is 11.6 Å². The molecule has 4 nitrogen and oxygen atoms in total. The zero-order chi connectivity index (χ0) is 14.7. The lowest BCUT2D eigenvalue weighted by atomic mass is 10.1. The third kappa shape index (κ3) is 3.03. The van der Waals surface area contributed by atoms with Gasteiger partial charge in [0.15, 0.2) is 0 Å². The van der Waals surface area contributed by atoms with E-state index in [9.17, 15) is 9.90 Å². The lowest BCUT2D eigenvalue weighted by molar-refractivity contribution is 0.102. The topological polar surface area (TPSA) is 75.3 Å². The molecular weight excluding hydrogens is 276 g/mol. The number of phenolic OH excluding ortho intramolecular Hbond substituents is 1. The van der Waals surface area contributed by atoms with Crippen LogP contribution < -0.4 is 11.1 Å². The number of amides is 1. The highest BCUT2D eigenvalue weighted by Gasteiger charge is 2.12. The maximum atomic E-state index is 12.1. The molecule has 0 spiro atoms. The van der Waals surface area contributed by atoms with Gasteiger partial charge in [0.2, 0.25) is 0 Å². The van der Waals surface area contributed by atoms with E-state index in [1.807, 2.05) is 13.0 Å². The van der Waals surface area contributed by atoms with Gasteiger partial charge in [-0.2, -0.15) is 0 Å². The van der Waals surface area contributed by atoms with Crippen molar-refractivity contribution in [3.63, 3.8) is 0 Å². The summed E-state index contributed by atoms with van der Waals surface area (Å²) in [6.07, 6.45) is 0.832. The van der Waals surface area contributed by atoms with E-state index in [-0.39, 0.29) is 16.3 Å². The van der Waals surface area contributed by atoms with Crippen LogP contribution in [0.15, 0.2) is 36.4 Å². The average Bonchev–Trinajstić information content (AvgIpc) is 2.41. The van der Waals surface area contributed by atoms with E-state index in [4.69, 9.17) is 17.3 Å². The van der Waals surface area contributed by atoms with Gasteiger partial charge in [-0.15, -0.1) is 0 Å². The van der Waals surface area contributed by atoms with Crippen molar-refractivity contribution in [2.75, 3.05) is 11.1 Å². The zero-order valence-electron chi connectivity index (χ0n) is 11.0. The monoisotopic (exact) mass is 290 g/mol. The minimum Gasteiger partial charge on any atom is -0.508 e. The van der Waals surface area contributed by atoms with Crippen LogP contribution in [0.2, 0.25) is 5.02 Å². The molecule has 5 heteroatoms. The van der Waals surface area contributed by atoms with Crippen molar-refractivity contribution in [3.8, 4) is 5.75 Å². The van der Waals surface area contributed by atoms with Crippen molar-refractivity contribution >= 4 is 28.9 Å². The molecule has 0 aliphatic rings. The molecule has 2 aromatic carbocycles. The number of halogens is 1. The van der Waals surface area contributed by atoms with Gasteiger partial charge in [-0.1, -0.05) is 24.6 Å². The lowest BCUT2D eigenvalue weighted by Gasteiger charge is -2.09. The van der Waals surface area contributed by atoms with E-state index in [0.717, 1.165) is 12.0 Å². The third-order valence-electron chi connectivity index (χ3n) is 2.98. The maximum absolute atomic E-state index is 12.1. The predicted molar refractivity (Wildman–Crippen MR) is 81.3 cm³/mol. The molecule has 2 aromatic rings. The van der Waals surface area contributed by atoms with Gasteiger partial charge in [-0.3, -0.25) is 4.79 Å². The smallest absolute Gasteiger partial charge is 0.257 e. The number of carbonyl (C=O) groups excluding carboxylic acids is 1. The predicted octanol–water partition coefficient (Wildman–Crippen LogP) is 3.44. The average molecular weight is 291 g/mol. The number of phenols is 1. The van der Waals surface area contributed by atoms with Crippen LogP contribution in [-0.2, 0) is 6.42 Å². The first-order valence-corrected chi connectivity index (χ1v) is 6.57. The molecule has 0 saturated heterocycles. The summed E-state index contributed by atoms with van der Waals surface area (Å²) in [5.41, 5.74) is 8.34. The second-order valence-corrected chi connectivity index (χ2v) is 4.79. The number of hydrogen-bond donors (Lipinski definition) is 3. The highest BCUT2D eigenvalue weighted by Crippen LogP contribution is 2.23. The summed E-state index contributed by atoms with van der Waals surface area (Å²) in [6.45, 7) is 2.01. The van der Waals surface area contributed by atoms with Gasteiger partial charge in [-0.25, -0.2) is 0 Å². The van der Waals surface area contributed by atoms with Gasteiger partial charge in [0.25, 0.3) is 5.91 Å². The highest BCUT2D eigenvalue weighted by atomic mass is 35.5. The largest absolute Gasteiger partial charge is 0.508 e. The molecule has 0 aliphatic heterocycles. The molecule has 1 amide bonds. The fraction of sp³-hybridized carbons (Fsp3) is 0.133. The molecule has 0 radical (unpaired) electrons. The quantitative estimate of drug-likeness (QED) is 0.758. The number of nitrogens with two attached hydrogens (primary N) is 1.